The maximum absolute atomic E-state index is 13.9. The summed E-state index contributed by atoms with van der Waals surface area (Å²) in [6, 6.07) is 17.3. The predicted molar refractivity (Wildman–Crippen MR) is 152 cm³/mol. The van der Waals surface area contributed by atoms with Crippen LogP contribution >= 0.6 is 0 Å². The summed E-state index contributed by atoms with van der Waals surface area (Å²) in [5, 5.41) is 0. The standard InChI is InChI=1S/C31H31F2N5O2/c1-5-40-19-25-18-37(27-16-29(39)36(4)26-14-15-28(34-3)35-30(26)27)20(2)17-38(25)31(21-6-10-23(32)11-7-21)22-8-12-24(33)13-9-22/h6-16,20,25,31H,5,17-19H2,1-2,4H3/t20-,25-/m0/s1. The molecule has 40 heavy (non-hydrogen) atoms. The maximum atomic E-state index is 13.9. The van der Waals surface area contributed by atoms with Gasteiger partial charge in [0.05, 0.1) is 29.9 Å². The third-order valence-corrected chi connectivity index (χ3v) is 7.58. The Balaban J connectivity index is 1.60. The fourth-order valence-corrected chi connectivity index (χ4v) is 5.57. The van der Waals surface area contributed by atoms with Gasteiger partial charge in [-0.1, -0.05) is 30.8 Å². The van der Waals surface area contributed by atoms with Gasteiger partial charge in [-0.25, -0.2) is 8.78 Å². The van der Waals surface area contributed by atoms with Crippen LogP contribution in [0.2, 0.25) is 0 Å². The minimum Gasteiger partial charge on any atom is -0.380 e. The molecular weight excluding hydrogens is 512 g/mol. The zero-order valence-electron chi connectivity index (χ0n) is 22.7. The van der Waals surface area contributed by atoms with Crippen molar-refractivity contribution in [1.82, 2.24) is 14.5 Å². The zero-order chi connectivity index (χ0) is 28.4. The van der Waals surface area contributed by atoms with Crippen molar-refractivity contribution in [3.05, 3.63) is 111 Å². The van der Waals surface area contributed by atoms with Crippen molar-refractivity contribution >= 4 is 22.5 Å². The number of aryl methyl sites for hydroxylation is 1. The normalized spacial score (nSPS) is 17.9. The molecule has 0 spiro atoms. The first kappa shape index (κ1) is 27.4. The van der Waals surface area contributed by atoms with Crippen LogP contribution in [0.5, 0.6) is 0 Å². The average molecular weight is 544 g/mol. The van der Waals surface area contributed by atoms with Crippen molar-refractivity contribution in [3.63, 3.8) is 0 Å². The van der Waals surface area contributed by atoms with Gasteiger partial charge in [0, 0.05) is 38.9 Å². The van der Waals surface area contributed by atoms with E-state index in [1.54, 1.807) is 49.5 Å². The molecule has 3 heterocycles. The lowest BCUT2D eigenvalue weighted by Gasteiger charge is -2.49. The van der Waals surface area contributed by atoms with Gasteiger partial charge in [-0.3, -0.25) is 9.69 Å². The molecule has 1 aliphatic heterocycles. The van der Waals surface area contributed by atoms with Gasteiger partial charge in [-0.05, 0) is 61.4 Å². The van der Waals surface area contributed by atoms with E-state index >= 15 is 0 Å². The largest absolute Gasteiger partial charge is 0.380 e. The number of benzene rings is 2. The SMILES string of the molecule is [C-]#[N+]c1ccc2c(n1)c(N1C[C@@H](COCC)N(C(c3ccc(F)cc3)c3ccc(F)cc3)C[C@@H]1C)cc(=O)n2C. The number of pyridine rings is 2. The number of anilines is 1. The van der Waals surface area contributed by atoms with E-state index in [1.807, 2.05) is 6.92 Å². The van der Waals surface area contributed by atoms with E-state index in [9.17, 15) is 13.6 Å². The Morgan fingerprint density at radius 1 is 1.02 bits per heavy atom. The van der Waals surface area contributed by atoms with Crippen LogP contribution in [0.1, 0.15) is 31.0 Å². The van der Waals surface area contributed by atoms with Gasteiger partial charge in [0.2, 0.25) is 5.52 Å². The highest BCUT2D eigenvalue weighted by atomic mass is 19.1. The molecule has 0 radical (unpaired) electrons. The zero-order valence-corrected chi connectivity index (χ0v) is 22.7. The Hall–Kier alpha value is -4.13. The number of piperazine rings is 1. The highest BCUT2D eigenvalue weighted by molar-refractivity contribution is 5.89. The van der Waals surface area contributed by atoms with Crippen molar-refractivity contribution < 1.29 is 13.5 Å². The van der Waals surface area contributed by atoms with Gasteiger partial charge in [0.25, 0.3) is 11.4 Å². The third kappa shape index (κ3) is 5.33. The molecule has 5 rings (SSSR count). The van der Waals surface area contributed by atoms with Crippen LogP contribution in [0, 0.1) is 18.2 Å². The molecule has 2 atom stereocenters. The first-order chi connectivity index (χ1) is 19.3. The molecule has 2 aromatic heterocycles. The van der Waals surface area contributed by atoms with E-state index in [2.05, 4.69) is 26.6 Å². The summed E-state index contributed by atoms with van der Waals surface area (Å²) < 4.78 is 35.3. The number of fused-ring (bicyclic) bond motifs is 1. The van der Waals surface area contributed by atoms with Crippen LogP contribution in [0.15, 0.2) is 71.5 Å². The monoisotopic (exact) mass is 543 g/mol. The quantitative estimate of drug-likeness (QED) is 0.290. The molecule has 0 amide bonds. The first-order valence-electron chi connectivity index (χ1n) is 13.3. The van der Waals surface area contributed by atoms with Crippen LogP contribution in [-0.4, -0.2) is 52.8 Å². The molecule has 2 aromatic carbocycles. The second-order valence-corrected chi connectivity index (χ2v) is 10.1. The number of rotatable bonds is 7. The number of hydrogen-bond acceptors (Lipinski definition) is 5. The molecule has 1 aliphatic rings. The van der Waals surface area contributed by atoms with Gasteiger partial charge < -0.3 is 19.0 Å². The van der Waals surface area contributed by atoms with Crippen LogP contribution in [-0.2, 0) is 11.8 Å². The molecular formula is C31H31F2N5O2. The van der Waals surface area contributed by atoms with E-state index < -0.39 is 0 Å². The Morgan fingerprint density at radius 3 is 2.23 bits per heavy atom. The van der Waals surface area contributed by atoms with Gasteiger partial charge in [-0.2, -0.15) is 0 Å². The van der Waals surface area contributed by atoms with E-state index in [1.165, 1.54) is 28.8 Å². The second-order valence-electron chi connectivity index (χ2n) is 10.1. The molecule has 9 heteroatoms. The fraction of sp³-hybridized carbons (Fsp3) is 0.323. The Labute approximate surface area is 232 Å². The topological polar surface area (TPSA) is 55.0 Å². The van der Waals surface area contributed by atoms with E-state index in [4.69, 9.17) is 11.3 Å². The first-order valence-corrected chi connectivity index (χ1v) is 13.3. The van der Waals surface area contributed by atoms with Gasteiger partial charge >= 0.3 is 0 Å². The summed E-state index contributed by atoms with van der Waals surface area (Å²) >= 11 is 0. The summed E-state index contributed by atoms with van der Waals surface area (Å²) in [6.07, 6.45) is 0. The number of hydrogen-bond donors (Lipinski definition) is 0. The predicted octanol–water partition coefficient (Wildman–Crippen LogP) is 5.47. The summed E-state index contributed by atoms with van der Waals surface area (Å²) in [5.74, 6) is -0.388. The lowest BCUT2D eigenvalue weighted by atomic mass is 9.93. The lowest BCUT2D eigenvalue weighted by Crippen LogP contribution is -2.60. The van der Waals surface area contributed by atoms with Crippen molar-refractivity contribution in [2.24, 2.45) is 7.05 Å². The van der Waals surface area contributed by atoms with E-state index in [0.717, 1.165) is 11.1 Å². The molecule has 1 fully saturated rings. The number of nitrogens with zero attached hydrogens (tertiary/aromatic N) is 5. The second kappa shape index (κ2) is 11.5. The summed E-state index contributed by atoms with van der Waals surface area (Å²) in [4.78, 5) is 25.5. The van der Waals surface area contributed by atoms with E-state index in [0.29, 0.717) is 43.0 Å². The minimum absolute atomic E-state index is 0.0602. The molecule has 4 aromatic rings. The van der Waals surface area contributed by atoms with Crippen LogP contribution in [0.25, 0.3) is 15.9 Å². The molecule has 0 bridgehead atoms. The van der Waals surface area contributed by atoms with Crippen LogP contribution in [0.4, 0.5) is 20.3 Å². The number of ether oxygens (including phenoxy) is 1. The molecule has 0 N–H and O–H groups in total. The molecule has 1 saturated heterocycles. The maximum Gasteiger partial charge on any atom is 0.270 e. The summed E-state index contributed by atoms with van der Waals surface area (Å²) in [7, 11) is 1.70. The number of halogens is 2. The van der Waals surface area contributed by atoms with Crippen molar-refractivity contribution in [2.45, 2.75) is 32.0 Å². The highest BCUT2D eigenvalue weighted by Crippen LogP contribution is 2.36. The van der Waals surface area contributed by atoms with Crippen molar-refractivity contribution in [1.29, 1.82) is 0 Å². The van der Waals surface area contributed by atoms with Crippen molar-refractivity contribution in [3.8, 4) is 0 Å². The van der Waals surface area contributed by atoms with Crippen LogP contribution < -0.4 is 10.5 Å². The molecule has 0 unspecified atom stereocenters. The average Bonchev–Trinajstić information content (AvgIpc) is 2.96. The fourth-order valence-electron chi connectivity index (χ4n) is 5.57. The molecule has 206 valence electrons. The van der Waals surface area contributed by atoms with Gasteiger partial charge in [0.15, 0.2) is 0 Å². The minimum atomic E-state index is -0.325. The van der Waals surface area contributed by atoms with Crippen LogP contribution in [0.3, 0.4) is 0 Å². The van der Waals surface area contributed by atoms with Gasteiger partial charge in [0.1, 0.15) is 11.6 Å². The number of aromatic nitrogens is 2. The molecule has 0 saturated carbocycles. The summed E-state index contributed by atoms with van der Waals surface area (Å²) in [6.45, 7) is 13.5. The Morgan fingerprint density at radius 2 is 1.65 bits per heavy atom. The molecule has 7 nitrogen and oxygen atoms in total. The summed E-state index contributed by atoms with van der Waals surface area (Å²) in [5.41, 5.74) is 3.54. The van der Waals surface area contributed by atoms with E-state index in [-0.39, 0.29) is 41.1 Å². The smallest absolute Gasteiger partial charge is 0.270 e. The third-order valence-electron chi connectivity index (χ3n) is 7.58. The molecule has 0 aliphatic carbocycles. The highest BCUT2D eigenvalue weighted by Gasteiger charge is 2.38. The lowest BCUT2D eigenvalue weighted by molar-refractivity contribution is 0.0356. The Kier molecular flexibility index (Phi) is 7.92. The Bertz CT molecular complexity index is 1550. The van der Waals surface area contributed by atoms with Gasteiger partial charge in [-0.15, -0.1) is 4.98 Å². The van der Waals surface area contributed by atoms with Crippen molar-refractivity contribution in [2.75, 3.05) is 31.2 Å².